The summed E-state index contributed by atoms with van der Waals surface area (Å²) in [5.74, 6) is -0.467. The number of imide groups is 1. The fraction of sp³-hybridized carbons (Fsp3) is 0.500. The Morgan fingerprint density at radius 3 is 2.64 bits per heavy atom. The Balaban J connectivity index is 2.08. The Kier molecular flexibility index (Phi) is 2.19. The lowest BCUT2D eigenvalue weighted by molar-refractivity contribution is -0.159. The summed E-state index contributed by atoms with van der Waals surface area (Å²) in [6.45, 7) is -0.120. The Morgan fingerprint density at radius 2 is 2.07 bits per heavy atom. The largest absolute Gasteiger partial charge is 0.362 e. The molecule has 0 radical (unpaired) electrons. The van der Waals surface area contributed by atoms with E-state index < -0.39 is 0 Å². The molecule has 0 atom stereocenters. The number of aromatic nitrogens is 4. The molecular weight excluding hydrogens is 190 g/mol. The highest BCUT2D eigenvalue weighted by atomic mass is 16.5. The van der Waals surface area contributed by atoms with Crippen molar-refractivity contribution >= 4 is 11.8 Å². The van der Waals surface area contributed by atoms with E-state index >= 15 is 0 Å². The van der Waals surface area contributed by atoms with Gasteiger partial charge in [-0.25, -0.2) is 0 Å². The molecule has 0 aliphatic carbocycles. The number of nitrogens with zero attached hydrogens (tertiary/aromatic N) is 4. The van der Waals surface area contributed by atoms with Crippen LogP contribution in [0, 0.1) is 0 Å². The lowest BCUT2D eigenvalue weighted by Gasteiger charge is -2.23. The second-order valence-corrected chi connectivity index (χ2v) is 2.69. The molecule has 74 valence electrons. The van der Waals surface area contributed by atoms with Gasteiger partial charge in [0.05, 0.1) is 6.54 Å². The van der Waals surface area contributed by atoms with Crippen molar-refractivity contribution in [2.24, 2.45) is 0 Å². The molecule has 1 aliphatic rings. The molecule has 1 saturated heterocycles. The van der Waals surface area contributed by atoms with Gasteiger partial charge < -0.3 is 4.74 Å². The number of H-pyrrole nitrogens is 1. The summed E-state index contributed by atoms with van der Waals surface area (Å²) in [6.07, 6.45) is 0. The molecule has 1 aromatic heterocycles. The fourth-order valence-corrected chi connectivity index (χ4v) is 1.09. The molecule has 14 heavy (non-hydrogen) atoms. The first kappa shape index (κ1) is 8.75. The smallest absolute Gasteiger partial charge is 0.255 e. The molecule has 0 bridgehead atoms. The standard InChI is InChI=1S/C6H7N5O3/c12-5-2-14-3-6(13)11(5)1-4-7-9-10-8-4/h1-3H2,(H,7,8,9,10). The molecule has 8 heteroatoms. The third kappa shape index (κ3) is 1.59. The van der Waals surface area contributed by atoms with Crippen LogP contribution in [0.2, 0.25) is 0 Å². The molecule has 1 N–H and O–H groups in total. The molecule has 8 nitrogen and oxygen atoms in total. The van der Waals surface area contributed by atoms with Crippen LogP contribution in [-0.2, 0) is 20.9 Å². The van der Waals surface area contributed by atoms with Crippen molar-refractivity contribution < 1.29 is 14.3 Å². The molecular formula is C6H7N5O3. The van der Waals surface area contributed by atoms with Crippen molar-refractivity contribution in [1.82, 2.24) is 25.5 Å². The lowest BCUT2D eigenvalue weighted by Crippen LogP contribution is -2.45. The number of nitrogens with one attached hydrogen (secondary N) is 1. The molecule has 0 aromatic carbocycles. The predicted octanol–water partition coefficient (Wildman–Crippen LogP) is -1.91. The third-order valence-corrected chi connectivity index (χ3v) is 1.74. The highest BCUT2D eigenvalue weighted by molar-refractivity contribution is 5.98. The number of hydrogen-bond acceptors (Lipinski definition) is 6. The molecule has 0 unspecified atom stereocenters. The van der Waals surface area contributed by atoms with E-state index in [1.54, 1.807) is 0 Å². The molecule has 0 spiro atoms. The van der Waals surface area contributed by atoms with Crippen molar-refractivity contribution in [2.45, 2.75) is 6.54 Å². The average molecular weight is 197 g/mol. The summed E-state index contributed by atoms with van der Waals surface area (Å²) in [7, 11) is 0. The maximum atomic E-state index is 11.2. The molecule has 2 amide bonds. The first-order chi connectivity index (χ1) is 6.77. The number of amides is 2. The van der Waals surface area contributed by atoms with Crippen LogP contribution in [0.5, 0.6) is 0 Å². The first-order valence-corrected chi connectivity index (χ1v) is 3.90. The van der Waals surface area contributed by atoms with Crippen LogP contribution in [0.25, 0.3) is 0 Å². The monoisotopic (exact) mass is 197 g/mol. The van der Waals surface area contributed by atoms with E-state index in [1.807, 2.05) is 0 Å². The van der Waals surface area contributed by atoms with Gasteiger partial charge in [-0.05, 0) is 0 Å². The second kappa shape index (κ2) is 3.50. The Labute approximate surface area is 78.2 Å². The normalized spacial score (nSPS) is 17.6. The van der Waals surface area contributed by atoms with Crippen LogP contribution in [-0.4, -0.2) is 50.6 Å². The zero-order chi connectivity index (χ0) is 9.97. The number of ether oxygens (including phenoxy) is 1. The molecule has 2 heterocycles. The molecule has 1 aromatic rings. The lowest BCUT2D eigenvalue weighted by atomic mass is 10.4. The van der Waals surface area contributed by atoms with Crippen molar-refractivity contribution in [1.29, 1.82) is 0 Å². The number of tetrazole rings is 1. The van der Waals surface area contributed by atoms with Crippen LogP contribution < -0.4 is 0 Å². The van der Waals surface area contributed by atoms with Gasteiger partial charge in [-0.2, -0.15) is 5.21 Å². The SMILES string of the molecule is O=C1COCC(=O)N1Cc1nn[nH]n1. The minimum absolute atomic E-state index is 0.0392. The van der Waals surface area contributed by atoms with Gasteiger partial charge in [-0.3, -0.25) is 14.5 Å². The molecule has 1 fully saturated rings. The van der Waals surface area contributed by atoms with Crippen molar-refractivity contribution in [3.63, 3.8) is 0 Å². The van der Waals surface area contributed by atoms with Crippen LogP contribution >= 0.6 is 0 Å². The summed E-state index contributed by atoms with van der Waals surface area (Å²) in [5.41, 5.74) is 0. The van der Waals surface area contributed by atoms with E-state index in [1.165, 1.54) is 0 Å². The Hall–Kier alpha value is -1.83. The number of carbonyl (C=O) groups is 2. The van der Waals surface area contributed by atoms with Crippen LogP contribution in [0.3, 0.4) is 0 Å². The van der Waals surface area contributed by atoms with Gasteiger partial charge in [-0.1, -0.05) is 5.21 Å². The Bertz CT molecular complexity index is 332. The summed E-state index contributed by atoms with van der Waals surface area (Å²) < 4.78 is 4.74. The number of morpholine rings is 1. The van der Waals surface area contributed by atoms with Crippen LogP contribution in [0.15, 0.2) is 0 Å². The number of aromatic amines is 1. The number of hydrogen-bond donors (Lipinski definition) is 1. The van der Waals surface area contributed by atoms with Crippen molar-refractivity contribution in [2.75, 3.05) is 13.2 Å². The molecule has 1 aliphatic heterocycles. The van der Waals surface area contributed by atoms with E-state index in [2.05, 4.69) is 20.6 Å². The first-order valence-electron chi connectivity index (χ1n) is 3.90. The van der Waals surface area contributed by atoms with Crippen molar-refractivity contribution in [3.8, 4) is 0 Å². The minimum Gasteiger partial charge on any atom is -0.362 e. The highest BCUT2D eigenvalue weighted by Gasteiger charge is 2.27. The quantitative estimate of drug-likeness (QED) is 0.555. The van der Waals surface area contributed by atoms with E-state index in [-0.39, 0.29) is 31.6 Å². The summed E-state index contributed by atoms with van der Waals surface area (Å²) in [5, 5.41) is 12.8. The summed E-state index contributed by atoms with van der Waals surface area (Å²) in [6, 6.07) is 0. The van der Waals surface area contributed by atoms with Crippen LogP contribution in [0.1, 0.15) is 5.82 Å². The zero-order valence-corrected chi connectivity index (χ0v) is 7.13. The topological polar surface area (TPSA) is 101 Å². The van der Waals surface area contributed by atoms with E-state index in [0.717, 1.165) is 4.90 Å². The average Bonchev–Trinajstić information content (AvgIpc) is 2.64. The maximum Gasteiger partial charge on any atom is 0.255 e. The van der Waals surface area contributed by atoms with E-state index in [0.29, 0.717) is 5.82 Å². The molecule has 0 saturated carbocycles. The van der Waals surface area contributed by atoms with Gasteiger partial charge in [0.15, 0.2) is 5.82 Å². The molecule has 2 rings (SSSR count). The second-order valence-electron chi connectivity index (χ2n) is 2.69. The minimum atomic E-state index is -0.383. The van der Waals surface area contributed by atoms with Crippen LogP contribution in [0.4, 0.5) is 0 Å². The van der Waals surface area contributed by atoms with Gasteiger partial charge in [0.1, 0.15) is 13.2 Å². The predicted molar refractivity (Wildman–Crippen MR) is 40.6 cm³/mol. The summed E-state index contributed by atoms with van der Waals surface area (Å²) in [4.78, 5) is 23.5. The van der Waals surface area contributed by atoms with Gasteiger partial charge in [0, 0.05) is 0 Å². The Morgan fingerprint density at radius 1 is 1.36 bits per heavy atom. The van der Waals surface area contributed by atoms with Gasteiger partial charge in [0.25, 0.3) is 11.8 Å². The third-order valence-electron chi connectivity index (χ3n) is 1.74. The van der Waals surface area contributed by atoms with Gasteiger partial charge in [-0.15, -0.1) is 10.2 Å². The van der Waals surface area contributed by atoms with Crippen molar-refractivity contribution in [3.05, 3.63) is 5.82 Å². The maximum absolute atomic E-state index is 11.2. The fourth-order valence-electron chi connectivity index (χ4n) is 1.09. The number of carbonyl (C=O) groups excluding carboxylic acids is 2. The van der Waals surface area contributed by atoms with E-state index in [4.69, 9.17) is 4.74 Å². The van der Waals surface area contributed by atoms with E-state index in [9.17, 15) is 9.59 Å². The van der Waals surface area contributed by atoms with Gasteiger partial charge in [0.2, 0.25) is 0 Å². The summed E-state index contributed by atoms with van der Waals surface area (Å²) >= 11 is 0. The highest BCUT2D eigenvalue weighted by Crippen LogP contribution is 2.04. The number of rotatable bonds is 2. The van der Waals surface area contributed by atoms with Gasteiger partial charge >= 0.3 is 0 Å². The zero-order valence-electron chi connectivity index (χ0n) is 7.13.